The Hall–Kier alpha value is -2.30. The molecule has 0 atom stereocenters. The highest BCUT2D eigenvalue weighted by atomic mass is 16.5. The summed E-state index contributed by atoms with van der Waals surface area (Å²) in [6.45, 7) is -6.77. The Kier molecular flexibility index (Phi) is 1.20. The lowest BCUT2D eigenvalue weighted by Crippen LogP contribution is -2.29. The summed E-state index contributed by atoms with van der Waals surface area (Å²) < 4.78 is 77.0. The van der Waals surface area contributed by atoms with Crippen LogP contribution in [0, 0.1) is 0 Å². The Morgan fingerprint density at radius 2 is 2.33 bits per heavy atom. The van der Waals surface area contributed by atoms with E-state index in [4.69, 9.17) is 13.7 Å². The van der Waals surface area contributed by atoms with E-state index in [2.05, 4.69) is 9.72 Å². The number of fused-ring (bicyclic) bond motifs is 1. The summed E-state index contributed by atoms with van der Waals surface area (Å²) in [7, 11) is -2.81. The number of ketones is 1. The van der Waals surface area contributed by atoms with E-state index in [-0.39, 0.29) is 22.2 Å². The van der Waals surface area contributed by atoms with Gasteiger partial charge < -0.3 is 14.6 Å². The zero-order chi connectivity index (χ0) is 21.7. The summed E-state index contributed by atoms with van der Waals surface area (Å²) in [5.74, 6) is -3.50. The van der Waals surface area contributed by atoms with Crippen molar-refractivity contribution in [3.8, 4) is 5.75 Å². The third-order valence-electron chi connectivity index (χ3n) is 2.34. The van der Waals surface area contributed by atoms with Gasteiger partial charge in [-0.05, 0) is 12.1 Å². The summed E-state index contributed by atoms with van der Waals surface area (Å²) in [6, 6.07) is 1.76. The molecule has 0 saturated carbocycles. The van der Waals surface area contributed by atoms with Gasteiger partial charge in [0.25, 0.3) is 11.7 Å². The highest BCUT2D eigenvalue weighted by Gasteiger charge is 2.21. The van der Waals surface area contributed by atoms with Gasteiger partial charge in [-0.25, -0.2) is 0 Å². The molecule has 0 unspecified atom stereocenters. The van der Waals surface area contributed by atoms with Gasteiger partial charge in [0.05, 0.1) is 18.1 Å². The molecule has 1 aromatic carbocycles. The number of carbonyl (C=O) groups excluding carboxylic acids is 2. The molecule has 0 aliphatic carbocycles. The first-order valence-electron chi connectivity index (χ1n) is 9.72. The Balaban J connectivity index is 2.49. The van der Waals surface area contributed by atoms with Gasteiger partial charge in [0, 0.05) is 45.3 Å². The Labute approximate surface area is 118 Å². The summed E-state index contributed by atoms with van der Waals surface area (Å²) in [5.41, 5.74) is -0.242. The number of hydrogen-bond acceptors (Lipinski definition) is 3. The molecule has 2 rings (SSSR count). The fraction of sp³-hybridized carbons (Fsp3) is 0.231. The van der Waals surface area contributed by atoms with Crippen molar-refractivity contribution < 1.29 is 28.0 Å². The molecular weight excluding hydrogens is 232 g/mol. The molecule has 0 aliphatic rings. The minimum atomic E-state index is -3.38. The topological polar surface area (TPSA) is 62.4 Å². The van der Waals surface area contributed by atoms with Crippen LogP contribution in [0.4, 0.5) is 0 Å². The lowest BCUT2D eigenvalue weighted by atomic mass is 10.1. The molecule has 1 N–H and O–H groups in total. The number of benzene rings is 1. The average Bonchev–Trinajstić information content (AvgIpc) is 2.84. The van der Waals surface area contributed by atoms with Crippen LogP contribution < -0.4 is 4.74 Å². The fourth-order valence-electron chi connectivity index (χ4n) is 1.51. The van der Waals surface area contributed by atoms with Crippen molar-refractivity contribution in [1.29, 1.82) is 0 Å². The van der Waals surface area contributed by atoms with Crippen LogP contribution >= 0.6 is 0 Å². The highest BCUT2D eigenvalue weighted by molar-refractivity contribution is 6.44. The first kappa shape index (κ1) is 4.76. The first-order valence-corrected chi connectivity index (χ1v) is 4.72. The molecule has 1 heterocycles. The number of H-pyrrole nitrogens is 1. The van der Waals surface area contributed by atoms with Crippen molar-refractivity contribution in [1.82, 2.24) is 9.88 Å². The number of Topliss-reactive ketones (excluding diaryl/α,β-unsaturated/α-hetero) is 1. The molecule has 5 heteroatoms. The van der Waals surface area contributed by atoms with Crippen LogP contribution in [0.5, 0.6) is 5.75 Å². The predicted octanol–water partition coefficient (Wildman–Crippen LogP) is 1.45. The van der Waals surface area contributed by atoms with Crippen molar-refractivity contribution in [2.24, 2.45) is 0 Å². The van der Waals surface area contributed by atoms with Crippen LogP contribution in [0.3, 0.4) is 0 Å². The monoisotopic (exact) mass is 256 g/mol. The quantitative estimate of drug-likeness (QED) is 0.668. The fourth-order valence-corrected chi connectivity index (χ4v) is 1.51. The number of methoxy groups -OCH3 is 1. The number of nitrogens with zero attached hydrogens (tertiary/aromatic N) is 1. The third-order valence-corrected chi connectivity index (χ3v) is 2.34. The van der Waals surface area contributed by atoms with E-state index in [1.165, 1.54) is 0 Å². The maximum Gasteiger partial charge on any atom is 0.294 e. The molecule has 0 bridgehead atoms. The van der Waals surface area contributed by atoms with Crippen LogP contribution in [0.2, 0.25) is 0 Å². The van der Waals surface area contributed by atoms with Gasteiger partial charge in [0.15, 0.2) is 0 Å². The van der Waals surface area contributed by atoms with Crippen LogP contribution in [0.25, 0.3) is 10.9 Å². The van der Waals surface area contributed by atoms with Crippen LogP contribution in [0.1, 0.15) is 24.1 Å². The second-order valence-electron chi connectivity index (χ2n) is 3.40. The molecule has 18 heavy (non-hydrogen) atoms. The van der Waals surface area contributed by atoms with Gasteiger partial charge in [-0.3, -0.25) is 9.59 Å². The largest absolute Gasteiger partial charge is 0.497 e. The first-order chi connectivity index (χ1) is 12.5. The zero-order valence-electron chi connectivity index (χ0n) is 18.9. The van der Waals surface area contributed by atoms with Crippen molar-refractivity contribution >= 4 is 22.6 Å². The molecular formula is C13H14N2O3. The van der Waals surface area contributed by atoms with E-state index in [0.29, 0.717) is 0 Å². The van der Waals surface area contributed by atoms with Crippen LogP contribution in [-0.4, -0.2) is 42.6 Å². The number of carbonyl (C=O) groups is 2. The van der Waals surface area contributed by atoms with Gasteiger partial charge in [-0.2, -0.15) is 0 Å². The predicted molar refractivity (Wildman–Crippen MR) is 67.9 cm³/mol. The SMILES string of the molecule is [2H]c1cc2c(C(=O)C(=O)N(C([2H])([2H])[2H])C([2H])([2H])[2H])c[nH]c2cc1OC([2H])([2H])[2H]. The Morgan fingerprint density at radius 1 is 1.50 bits per heavy atom. The minimum absolute atomic E-state index is 0.00252. The summed E-state index contributed by atoms with van der Waals surface area (Å²) in [5, 5.41) is -0.00252. The molecule has 94 valence electrons. The smallest absolute Gasteiger partial charge is 0.294 e. The van der Waals surface area contributed by atoms with E-state index in [1.807, 2.05) is 0 Å². The van der Waals surface area contributed by atoms with Gasteiger partial charge in [-0.1, -0.05) is 0 Å². The number of aromatic nitrogens is 1. The van der Waals surface area contributed by atoms with Crippen LogP contribution in [-0.2, 0) is 4.79 Å². The molecule has 0 spiro atoms. The molecule has 1 amide bonds. The number of likely N-dealkylation sites (N-methyl/N-ethyl adjacent to an activating group) is 1. The van der Waals surface area contributed by atoms with Crippen molar-refractivity contribution in [2.75, 3.05) is 21.0 Å². The highest BCUT2D eigenvalue weighted by Crippen LogP contribution is 2.23. The number of aromatic amines is 1. The Morgan fingerprint density at radius 3 is 3.06 bits per heavy atom. The van der Waals surface area contributed by atoms with Gasteiger partial charge >= 0.3 is 0 Å². The maximum absolute atomic E-state index is 12.5. The number of ether oxygens (including phenoxy) is 1. The lowest BCUT2D eigenvalue weighted by molar-refractivity contribution is -0.124. The van der Waals surface area contributed by atoms with E-state index < -0.39 is 43.6 Å². The molecule has 2 aromatic rings. The van der Waals surface area contributed by atoms with Crippen LogP contribution in [0.15, 0.2) is 24.4 Å². The number of hydrogen-bond donors (Lipinski definition) is 1. The van der Waals surface area contributed by atoms with Gasteiger partial charge in [0.2, 0.25) is 0 Å². The standard InChI is InChI=1S/C13H14N2O3/c1-15(2)13(17)12(16)10-7-14-11-6-8(18-3)4-5-9(10)11/h4-7,14H,1-3H3/i1D3,2D3,3D3,4D. The van der Waals surface area contributed by atoms with Crippen molar-refractivity contribution in [2.45, 2.75) is 0 Å². The molecule has 1 aromatic heterocycles. The minimum Gasteiger partial charge on any atom is -0.497 e. The van der Waals surface area contributed by atoms with Gasteiger partial charge in [0.1, 0.15) is 5.75 Å². The second kappa shape index (κ2) is 4.52. The van der Waals surface area contributed by atoms with Crippen molar-refractivity contribution in [3.05, 3.63) is 29.9 Å². The number of rotatable bonds is 3. The maximum atomic E-state index is 12.5. The molecule has 5 nitrogen and oxygen atoms in total. The summed E-state index contributed by atoms with van der Waals surface area (Å²) in [4.78, 5) is 26.9. The third kappa shape index (κ3) is 1.95. The summed E-state index contributed by atoms with van der Waals surface area (Å²) >= 11 is 0. The van der Waals surface area contributed by atoms with E-state index >= 15 is 0 Å². The van der Waals surface area contributed by atoms with Crippen molar-refractivity contribution in [3.63, 3.8) is 0 Å². The molecule has 0 aliphatic heterocycles. The van der Waals surface area contributed by atoms with E-state index in [0.717, 1.165) is 18.3 Å². The van der Waals surface area contributed by atoms with E-state index in [9.17, 15) is 9.59 Å². The number of nitrogens with one attached hydrogen (secondary N) is 1. The van der Waals surface area contributed by atoms with Gasteiger partial charge in [-0.15, -0.1) is 0 Å². The lowest BCUT2D eigenvalue weighted by Gasteiger charge is -2.08. The second-order valence-corrected chi connectivity index (χ2v) is 3.40. The molecule has 0 radical (unpaired) electrons. The molecule has 0 fully saturated rings. The Bertz CT molecular complexity index is 912. The number of amides is 1. The molecule has 0 saturated heterocycles. The zero-order valence-corrected chi connectivity index (χ0v) is 8.90. The van der Waals surface area contributed by atoms with E-state index in [1.54, 1.807) is 0 Å². The average molecular weight is 256 g/mol. The normalized spacial score (nSPS) is 20.7. The summed E-state index contributed by atoms with van der Waals surface area (Å²) in [6.07, 6.45) is 1.03.